The van der Waals surface area contributed by atoms with Crippen molar-refractivity contribution in [3.63, 3.8) is 0 Å². The maximum Gasteiger partial charge on any atom is 0.307 e. The molecule has 7 heteroatoms. The van der Waals surface area contributed by atoms with Crippen molar-refractivity contribution in [1.82, 2.24) is 4.98 Å². The van der Waals surface area contributed by atoms with Crippen molar-refractivity contribution >= 4 is 33.6 Å². The largest absolute Gasteiger partial charge is 0.481 e. The van der Waals surface area contributed by atoms with Crippen LogP contribution in [0, 0.1) is 11.8 Å². The summed E-state index contributed by atoms with van der Waals surface area (Å²) in [6.07, 6.45) is 2.59. The number of hydrogen-bond acceptors (Lipinski definition) is 4. The summed E-state index contributed by atoms with van der Waals surface area (Å²) in [5, 5.41) is 20.7. The molecular formula is C12H13BrN2O4. The lowest BCUT2D eigenvalue weighted by molar-refractivity contribution is -0.151. The third-order valence-corrected chi connectivity index (χ3v) is 3.71. The highest BCUT2D eigenvalue weighted by Crippen LogP contribution is 2.35. The van der Waals surface area contributed by atoms with Crippen LogP contribution in [0.2, 0.25) is 0 Å². The summed E-state index contributed by atoms with van der Waals surface area (Å²) in [6.45, 7) is -0.255. The second-order valence-electron chi connectivity index (χ2n) is 4.44. The number of nitrogens with zero attached hydrogens (tertiary/aromatic N) is 1. The van der Waals surface area contributed by atoms with E-state index in [1.165, 1.54) is 6.20 Å². The van der Waals surface area contributed by atoms with Gasteiger partial charge in [0, 0.05) is 16.2 Å². The van der Waals surface area contributed by atoms with Gasteiger partial charge in [-0.25, -0.2) is 4.98 Å². The Labute approximate surface area is 118 Å². The van der Waals surface area contributed by atoms with Gasteiger partial charge in [-0.15, -0.1) is 0 Å². The summed E-state index contributed by atoms with van der Waals surface area (Å²) in [7, 11) is 0. The van der Waals surface area contributed by atoms with Crippen LogP contribution in [0.15, 0.2) is 16.7 Å². The van der Waals surface area contributed by atoms with E-state index in [9.17, 15) is 14.7 Å². The van der Waals surface area contributed by atoms with Gasteiger partial charge in [0.1, 0.15) is 5.82 Å². The standard InChI is InChI=1S/C12H13BrN2O4/c13-7-3-6(5-16)10(14-4-7)15-11(17)8-1-2-9(8)12(18)19/h3-4,8-9,16H,1-2,5H2,(H,18,19)(H,14,15,17)/t8-,9+/m1/s1. The van der Waals surface area contributed by atoms with E-state index in [4.69, 9.17) is 5.11 Å². The summed E-state index contributed by atoms with van der Waals surface area (Å²) >= 11 is 3.22. The van der Waals surface area contributed by atoms with Crippen molar-refractivity contribution in [3.8, 4) is 0 Å². The molecule has 0 unspecified atom stereocenters. The number of carboxylic acids is 1. The van der Waals surface area contributed by atoms with Crippen LogP contribution in [-0.2, 0) is 16.2 Å². The topological polar surface area (TPSA) is 99.5 Å². The first-order valence-electron chi connectivity index (χ1n) is 5.82. The summed E-state index contributed by atoms with van der Waals surface area (Å²) < 4.78 is 0.696. The number of aromatic nitrogens is 1. The smallest absolute Gasteiger partial charge is 0.307 e. The fraction of sp³-hybridized carbons (Fsp3) is 0.417. The Morgan fingerprint density at radius 3 is 2.63 bits per heavy atom. The number of carbonyl (C=O) groups excluding carboxylic acids is 1. The molecule has 0 aromatic carbocycles. The van der Waals surface area contributed by atoms with Gasteiger partial charge < -0.3 is 15.5 Å². The lowest BCUT2D eigenvalue weighted by Crippen LogP contribution is -2.41. The number of aliphatic hydroxyl groups is 1. The van der Waals surface area contributed by atoms with E-state index in [1.807, 2.05) is 0 Å². The van der Waals surface area contributed by atoms with Gasteiger partial charge in [0.2, 0.25) is 5.91 Å². The number of amides is 1. The monoisotopic (exact) mass is 328 g/mol. The summed E-state index contributed by atoms with van der Waals surface area (Å²) in [4.78, 5) is 26.8. The van der Waals surface area contributed by atoms with Crippen LogP contribution in [0.4, 0.5) is 5.82 Å². The number of anilines is 1. The Morgan fingerprint density at radius 1 is 1.42 bits per heavy atom. The highest BCUT2D eigenvalue weighted by Gasteiger charge is 2.41. The van der Waals surface area contributed by atoms with Crippen LogP contribution in [0.5, 0.6) is 0 Å². The van der Waals surface area contributed by atoms with Crippen molar-refractivity contribution in [1.29, 1.82) is 0 Å². The van der Waals surface area contributed by atoms with Crippen LogP contribution >= 0.6 is 15.9 Å². The highest BCUT2D eigenvalue weighted by molar-refractivity contribution is 9.10. The summed E-state index contributed by atoms with van der Waals surface area (Å²) in [5.74, 6) is -2.17. The first-order valence-corrected chi connectivity index (χ1v) is 6.61. The van der Waals surface area contributed by atoms with E-state index in [-0.39, 0.29) is 18.3 Å². The number of carbonyl (C=O) groups is 2. The number of hydrogen-bond donors (Lipinski definition) is 3. The zero-order valence-corrected chi connectivity index (χ0v) is 11.6. The third-order valence-electron chi connectivity index (χ3n) is 3.27. The lowest BCUT2D eigenvalue weighted by atomic mass is 9.73. The predicted molar refractivity (Wildman–Crippen MR) is 70.3 cm³/mol. The molecule has 1 aliphatic rings. The fourth-order valence-corrected chi connectivity index (χ4v) is 2.41. The average molecular weight is 329 g/mol. The van der Waals surface area contributed by atoms with E-state index in [0.29, 0.717) is 22.9 Å². The van der Waals surface area contributed by atoms with Gasteiger partial charge in [0.05, 0.1) is 18.4 Å². The molecule has 102 valence electrons. The molecule has 1 amide bonds. The molecule has 19 heavy (non-hydrogen) atoms. The van der Waals surface area contributed by atoms with Gasteiger partial charge >= 0.3 is 5.97 Å². The first-order chi connectivity index (χ1) is 9.02. The number of halogens is 1. The Morgan fingerprint density at radius 2 is 2.11 bits per heavy atom. The van der Waals surface area contributed by atoms with Gasteiger partial charge in [0.25, 0.3) is 0 Å². The Bertz CT molecular complexity index is 520. The van der Waals surface area contributed by atoms with Crippen molar-refractivity contribution in [3.05, 3.63) is 22.3 Å². The third kappa shape index (κ3) is 2.93. The summed E-state index contributed by atoms with van der Waals surface area (Å²) in [6, 6.07) is 1.65. The van der Waals surface area contributed by atoms with Crippen LogP contribution in [0.1, 0.15) is 18.4 Å². The zero-order chi connectivity index (χ0) is 14.0. The van der Waals surface area contributed by atoms with Crippen molar-refractivity contribution < 1.29 is 19.8 Å². The molecule has 6 nitrogen and oxygen atoms in total. The maximum atomic E-state index is 12.0. The van der Waals surface area contributed by atoms with Crippen molar-refractivity contribution in [2.75, 3.05) is 5.32 Å². The Hall–Kier alpha value is -1.47. The minimum atomic E-state index is -0.947. The first kappa shape index (κ1) is 14.0. The quantitative estimate of drug-likeness (QED) is 0.775. The number of nitrogens with one attached hydrogen (secondary N) is 1. The molecule has 2 rings (SSSR count). The molecule has 1 fully saturated rings. The minimum Gasteiger partial charge on any atom is -0.481 e. The molecule has 1 aliphatic carbocycles. The van der Waals surface area contributed by atoms with Gasteiger partial charge in [-0.1, -0.05) is 0 Å². The molecule has 0 radical (unpaired) electrons. The van der Waals surface area contributed by atoms with Gasteiger partial charge in [-0.05, 0) is 34.8 Å². The van der Waals surface area contributed by atoms with E-state index in [2.05, 4.69) is 26.2 Å². The molecule has 0 aliphatic heterocycles. The fourth-order valence-electron chi connectivity index (χ4n) is 2.03. The van der Waals surface area contributed by atoms with Crippen LogP contribution in [0.3, 0.4) is 0 Å². The molecule has 0 saturated heterocycles. The van der Waals surface area contributed by atoms with Gasteiger partial charge in [0.15, 0.2) is 0 Å². The molecule has 1 saturated carbocycles. The van der Waals surface area contributed by atoms with Gasteiger partial charge in [-0.2, -0.15) is 0 Å². The molecule has 3 N–H and O–H groups in total. The number of pyridine rings is 1. The molecule has 2 atom stereocenters. The second kappa shape index (κ2) is 5.66. The molecular weight excluding hydrogens is 316 g/mol. The number of rotatable bonds is 4. The highest BCUT2D eigenvalue weighted by atomic mass is 79.9. The van der Waals surface area contributed by atoms with Crippen LogP contribution < -0.4 is 5.32 Å². The van der Waals surface area contributed by atoms with Crippen LogP contribution in [-0.4, -0.2) is 27.1 Å². The maximum absolute atomic E-state index is 12.0. The Kier molecular flexibility index (Phi) is 4.16. The second-order valence-corrected chi connectivity index (χ2v) is 5.35. The van der Waals surface area contributed by atoms with Crippen LogP contribution in [0.25, 0.3) is 0 Å². The number of carboxylic acid groups (broad SMARTS) is 1. The molecule has 0 spiro atoms. The lowest BCUT2D eigenvalue weighted by Gasteiger charge is -2.31. The molecule has 1 aromatic heterocycles. The van der Waals surface area contributed by atoms with Crippen molar-refractivity contribution in [2.24, 2.45) is 11.8 Å². The van der Waals surface area contributed by atoms with E-state index in [1.54, 1.807) is 6.07 Å². The predicted octanol–water partition coefficient (Wildman–Crippen LogP) is 1.39. The minimum absolute atomic E-state index is 0.255. The molecule has 0 bridgehead atoms. The van der Waals surface area contributed by atoms with E-state index < -0.39 is 17.8 Å². The van der Waals surface area contributed by atoms with E-state index >= 15 is 0 Å². The molecule has 1 aromatic rings. The number of aliphatic hydroxyl groups excluding tert-OH is 1. The molecule has 1 heterocycles. The SMILES string of the molecule is O=C(O)[C@H]1CC[C@H]1C(=O)Nc1ncc(Br)cc1CO. The normalized spacial score (nSPS) is 21.6. The number of aliphatic carboxylic acids is 1. The summed E-state index contributed by atoms with van der Waals surface area (Å²) in [5.41, 5.74) is 0.480. The van der Waals surface area contributed by atoms with Crippen molar-refractivity contribution in [2.45, 2.75) is 19.4 Å². The zero-order valence-electron chi connectivity index (χ0n) is 9.97. The Balaban J connectivity index is 2.09. The van der Waals surface area contributed by atoms with Gasteiger partial charge in [-0.3, -0.25) is 9.59 Å². The average Bonchev–Trinajstić information content (AvgIpc) is 2.29. The van der Waals surface area contributed by atoms with E-state index in [0.717, 1.165) is 0 Å².